The number of hydrogen-bond donors (Lipinski definition) is 2. The zero-order chi connectivity index (χ0) is 29.4. The number of hydrogen-bond acceptors (Lipinski definition) is 3. The van der Waals surface area contributed by atoms with E-state index in [9.17, 15) is 19.1 Å². The first-order valence-electron chi connectivity index (χ1n) is 13.7. The molecule has 2 atom stereocenters. The molecule has 0 bridgehead atoms. The molecular formula is C35H28FN3O3. The summed E-state index contributed by atoms with van der Waals surface area (Å²) < 4.78 is 16.0. The Bertz CT molecular complexity index is 1960. The number of benzene rings is 5. The highest BCUT2D eigenvalue weighted by molar-refractivity contribution is 6.07. The van der Waals surface area contributed by atoms with Crippen molar-refractivity contribution in [3.63, 3.8) is 0 Å². The van der Waals surface area contributed by atoms with Gasteiger partial charge in [0.15, 0.2) is 0 Å². The molecule has 1 aromatic heterocycles. The number of fused-ring (bicyclic) bond motifs is 2. The molecule has 1 amide bonds. The maximum Gasteiger partial charge on any atom is 0.335 e. The second-order valence-electron chi connectivity index (χ2n) is 10.5. The van der Waals surface area contributed by atoms with Crippen molar-refractivity contribution in [1.29, 1.82) is 0 Å². The Kier molecular flexibility index (Phi) is 7.00. The maximum absolute atomic E-state index is 14.1. The van der Waals surface area contributed by atoms with Crippen LogP contribution >= 0.6 is 0 Å². The lowest BCUT2D eigenvalue weighted by Gasteiger charge is -2.19. The summed E-state index contributed by atoms with van der Waals surface area (Å²) in [6.45, 7) is 3.89. The first-order chi connectivity index (χ1) is 20.3. The minimum Gasteiger partial charge on any atom is -0.478 e. The molecule has 5 aromatic carbocycles. The smallest absolute Gasteiger partial charge is 0.335 e. The molecule has 0 aliphatic carbocycles. The molecule has 42 heavy (non-hydrogen) atoms. The maximum atomic E-state index is 14.1. The Morgan fingerprint density at radius 3 is 2.26 bits per heavy atom. The number of carbonyl (C=O) groups is 2. The number of aromatic carboxylic acids is 1. The Morgan fingerprint density at radius 2 is 1.52 bits per heavy atom. The van der Waals surface area contributed by atoms with E-state index in [0.29, 0.717) is 22.2 Å². The fourth-order valence-electron chi connectivity index (χ4n) is 5.38. The van der Waals surface area contributed by atoms with E-state index in [4.69, 9.17) is 5.10 Å². The normalized spacial score (nSPS) is 12.7. The van der Waals surface area contributed by atoms with E-state index in [1.165, 1.54) is 24.3 Å². The highest BCUT2D eigenvalue weighted by Gasteiger charge is 2.22. The van der Waals surface area contributed by atoms with Gasteiger partial charge in [-0.2, -0.15) is 5.10 Å². The summed E-state index contributed by atoms with van der Waals surface area (Å²) in [4.78, 5) is 25.2. The Labute approximate surface area is 242 Å². The van der Waals surface area contributed by atoms with Gasteiger partial charge in [-0.1, -0.05) is 60.7 Å². The first kappa shape index (κ1) is 26.9. The van der Waals surface area contributed by atoms with Crippen molar-refractivity contribution in [2.24, 2.45) is 0 Å². The van der Waals surface area contributed by atoms with Crippen LogP contribution < -0.4 is 5.32 Å². The van der Waals surface area contributed by atoms with Gasteiger partial charge in [0.05, 0.1) is 34.9 Å². The molecule has 7 heteroatoms. The summed E-state index contributed by atoms with van der Waals surface area (Å²) in [5.74, 6) is -1.69. The Morgan fingerprint density at radius 1 is 0.786 bits per heavy atom. The van der Waals surface area contributed by atoms with E-state index < -0.39 is 12.0 Å². The lowest BCUT2D eigenvalue weighted by atomic mass is 9.98. The lowest BCUT2D eigenvalue weighted by molar-refractivity contribution is 0.0696. The van der Waals surface area contributed by atoms with Crippen molar-refractivity contribution < 1.29 is 19.1 Å². The first-order valence-corrected chi connectivity index (χ1v) is 13.7. The summed E-state index contributed by atoms with van der Waals surface area (Å²) in [6, 6.07) is 30.3. The van der Waals surface area contributed by atoms with Crippen molar-refractivity contribution >= 4 is 33.6 Å². The number of carboxylic acid groups (broad SMARTS) is 1. The monoisotopic (exact) mass is 557 g/mol. The fraction of sp³-hybridized carbons (Fsp3) is 0.114. The van der Waals surface area contributed by atoms with E-state index in [0.717, 1.165) is 27.3 Å². The predicted octanol–water partition coefficient (Wildman–Crippen LogP) is 7.79. The van der Waals surface area contributed by atoms with E-state index in [-0.39, 0.29) is 23.3 Å². The number of halogens is 1. The Balaban J connectivity index is 1.43. The summed E-state index contributed by atoms with van der Waals surface area (Å²) in [5, 5.41) is 20.0. The third kappa shape index (κ3) is 5.12. The van der Waals surface area contributed by atoms with Crippen molar-refractivity contribution in [1.82, 2.24) is 15.1 Å². The Hall–Kier alpha value is -5.30. The van der Waals surface area contributed by atoms with Crippen LogP contribution in [0.1, 0.15) is 57.8 Å². The number of nitrogens with one attached hydrogen (secondary N) is 1. The summed E-state index contributed by atoms with van der Waals surface area (Å²) >= 11 is 0. The van der Waals surface area contributed by atoms with Gasteiger partial charge < -0.3 is 10.4 Å². The van der Waals surface area contributed by atoms with Gasteiger partial charge in [-0.3, -0.25) is 9.48 Å². The van der Waals surface area contributed by atoms with Gasteiger partial charge in [-0.15, -0.1) is 0 Å². The van der Waals surface area contributed by atoms with Gasteiger partial charge >= 0.3 is 5.97 Å². The lowest BCUT2D eigenvalue weighted by Crippen LogP contribution is -2.27. The third-order valence-corrected chi connectivity index (χ3v) is 7.72. The van der Waals surface area contributed by atoms with Crippen molar-refractivity contribution in [2.45, 2.75) is 25.9 Å². The highest BCUT2D eigenvalue weighted by atomic mass is 19.1. The van der Waals surface area contributed by atoms with Gasteiger partial charge in [-0.05, 0) is 89.3 Å². The molecule has 6 rings (SSSR count). The SMILES string of the molecule is C[C@H](NC(=O)c1cc(-c2cccc(F)c2)cc2cnn([C@@H](C)c3ccc4ccccc4c3)c12)c1ccc(C(=O)O)cc1. The van der Waals surface area contributed by atoms with Crippen LogP contribution in [0.15, 0.2) is 109 Å². The van der Waals surface area contributed by atoms with E-state index in [2.05, 4.69) is 35.6 Å². The minimum atomic E-state index is -1.01. The molecule has 0 radical (unpaired) electrons. The van der Waals surface area contributed by atoms with E-state index in [1.54, 1.807) is 36.5 Å². The summed E-state index contributed by atoms with van der Waals surface area (Å²) in [5.41, 5.74) is 4.41. The average molecular weight is 558 g/mol. The fourth-order valence-corrected chi connectivity index (χ4v) is 5.38. The number of aromatic nitrogens is 2. The average Bonchev–Trinajstić information content (AvgIpc) is 3.44. The minimum absolute atomic E-state index is 0.174. The molecule has 0 aliphatic rings. The van der Waals surface area contributed by atoms with Gasteiger partial charge in [0.25, 0.3) is 5.91 Å². The second kappa shape index (κ2) is 10.9. The summed E-state index contributed by atoms with van der Waals surface area (Å²) in [6.07, 6.45) is 1.74. The quantitative estimate of drug-likeness (QED) is 0.210. The third-order valence-electron chi connectivity index (χ3n) is 7.72. The predicted molar refractivity (Wildman–Crippen MR) is 162 cm³/mol. The molecule has 6 nitrogen and oxygen atoms in total. The van der Waals surface area contributed by atoms with Crippen LogP contribution in [-0.2, 0) is 0 Å². The second-order valence-corrected chi connectivity index (χ2v) is 10.5. The van der Waals surface area contributed by atoms with Crippen LogP contribution in [0.3, 0.4) is 0 Å². The zero-order valence-electron chi connectivity index (χ0n) is 23.1. The molecule has 6 aromatic rings. The van der Waals surface area contributed by atoms with Gasteiger partial charge in [0, 0.05) is 5.39 Å². The van der Waals surface area contributed by atoms with Crippen LogP contribution in [0.5, 0.6) is 0 Å². The molecule has 2 N–H and O–H groups in total. The number of carbonyl (C=O) groups excluding carboxylic acids is 1. The molecule has 0 unspecified atom stereocenters. The molecule has 0 saturated heterocycles. The number of amides is 1. The molecule has 0 aliphatic heterocycles. The van der Waals surface area contributed by atoms with Crippen LogP contribution in [-0.4, -0.2) is 26.8 Å². The van der Waals surface area contributed by atoms with Crippen LogP contribution in [0.2, 0.25) is 0 Å². The highest BCUT2D eigenvalue weighted by Crippen LogP contribution is 2.32. The van der Waals surface area contributed by atoms with Gasteiger partial charge in [0.1, 0.15) is 5.82 Å². The molecule has 0 spiro atoms. The number of carboxylic acids is 1. The van der Waals surface area contributed by atoms with Crippen LogP contribution in [0.4, 0.5) is 4.39 Å². The zero-order valence-corrected chi connectivity index (χ0v) is 23.1. The van der Waals surface area contributed by atoms with Crippen LogP contribution in [0.25, 0.3) is 32.8 Å². The molecule has 0 saturated carbocycles. The van der Waals surface area contributed by atoms with E-state index >= 15 is 0 Å². The van der Waals surface area contributed by atoms with Crippen molar-refractivity contribution in [3.05, 3.63) is 137 Å². The standard InChI is InChI=1S/C35H28FN3O3/c1-21(23-10-13-25(14-11-23)35(41)42)38-34(40)32-19-29(28-8-5-9-31(36)18-28)17-30-20-37-39(33(30)32)22(2)26-15-12-24-6-3-4-7-27(24)16-26/h3-22H,1-2H3,(H,38,40)(H,41,42)/t21-,22-/m0/s1. The van der Waals surface area contributed by atoms with Crippen molar-refractivity contribution in [3.8, 4) is 11.1 Å². The van der Waals surface area contributed by atoms with Crippen molar-refractivity contribution in [2.75, 3.05) is 0 Å². The number of rotatable bonds is 7. The molecule has 1 heterocycles. The van der Waals surface area contributed by atoms with Gasteiger partial charge in [0.2, 0.25) is 0 Å². The molecule has 208 valence electrons. The largest absolute Gasteiger partial charge is 0.478 e. The molecule has 0 fully saturated rings. The molecular weight excluding hydrogens is 529 g/mol. The summed E-state index contributed by atoms with van der Waals surface area (Å²) in [7, 11) is 0. The topological polar surface area (TPSA) is 84.2 Å². The number of nitrogens with zero attached hydrogens (tertiary/aromatic N) is 2. The van der Waals surface area contributed by atoms with E-state index in [1.807, 2.05) is 36.7 Å². The van der Waals surface area contributed by atoms with Crippen LogP contribution in [0, 0.1) is 5.82 Å². The van der Waals surface area contributed by atoms with Gasteiger partial charge in [-0.25, -0.2) is 9.18 Å².